The molecule has 0 aliphatic carbocycles. The van der Waals surface area contributed by atoms with E-state index in [-0.39, 0.29) is 6.04 Å². The third kappa shape index (κ3) is 1.39. The van der Waals surface area contributed by atoms with Gasteiger partial charge >= 0.3 is 0 Å². The van der Waals surface area contributed by atoms with Gasteiger partial charge in [-0.1, -0.05) is 0 Å². The van der Waals surface area contributed by atoms with Gasteiger partial charge in [0.05, 0.1) is 31.1 Å². The Bertz CT molecular complexity index is 371. The van der Waals surface area contributed by atoms with Crippen LogP contribution in [0, 0.1) is 0 Å². The maximum absolute atomic E-state index is 9.92. The lowest BCUT2D eigenvalue weighted by molar-refractivity contribution is 0.0593. The molecule has 2 aliphatic heterocycles. The summed E-state index contributed by atoms with van der Waals surface area (Å²) in [6, 6.07) is 2.20. The normalized spacial score (nSPS) is 29.5. The van der Waals surface area contributed by atoms with Crippen molar-refractivity contribution in [3.63, 3.8) is 0 Å². The van der Waals surface area contributed by atoms with Crippen molar-refractivity contribution in [1.82, 2.24) is 10.2 Å². The van der Waals surface area contributed by atoms with Gasteiger partial charge in [0.1, 0.15) is 11.8 Å². The van der Waals surface area contributed by atoms with E-state index < -0.39 is 6.10 Å². The first kappa shape index (κ1) is 9.06. The molecule has 1 fully saturated rings. The molecule has 3 heterocycles. The van der Waals surface area contributed by atoms with E-state index in [2.05, 4.69) is 15.1 Å². The van der Waals surface area contributed by atoms with Crippen LogP contribution in [-0.4, -0.2) is 41.1 Å². The molecule has 5 heteroatoms. The lowest BCUT2D eigenvalue weighted by Crippen LogP contribution is -2.49. The van der Waals surface area contributed by atoms with Gasteiger partial charge in [-0.25, -0.2) is 0 Å². The fraction of sp³-hybridized carbons (Fsp3) is 0.600. The van der Waals surface area contributed by atoms with E-state index in [0.29, 0.717) is 18.7 Å². The molecular weight excluding hydrogens is 194 g/mol. The summed E-state index contributed by atoms with van der Waals surface area (Å²) in [6.45, 7) is 2.31. The summed E-state index contributed by atoms with van der Waals surface area (Å²) < 4.78 is 5.41. The predicted molar refractivity (Wildman–Crippen MR) is 53.6 cm³/mol. The van der Waals surface area contributed by atoms with E-state index in [1.54, 1.807) is 6.20 Å². The minimum Gasteiger partial charge on any atom is -0.387 e. The number of hydrogen-bond donors (Lipinski definition) is 1. The number of hydrogen-bond acceptors (Lipinski definition) is 5. The second-order valence-electron chi connectivity index (χ2n) is 3.98. The third-order valence-corrected chi connectivity index (χ3v) is 3.07. The van der Waals surface area contributed by atoms with Crippen molar-refractivity contribution in [2.24, 2.45) is 0 Å². The van der Waals surface area contributed by atoms with Gasteiger partial charge in [0, 0.05) is 13.0 Å². The Morgan fingerprint density at radius 3 is 3.40 bits per heavy atom. The molecule has 0 spiro atoms. The molecule has 2 unspecified atom stereocenters. The highest BCUT2D eigenvalue weighted by Gasteiger charge is 2.34. The Morgan fingerprint density at radius 1 is 1.53 bits per heavy atom. The van der Waals surface area contributed by atoms with Crippen molar-refractivity contribution in [2.75, 3.05) is 24.7 Å². The molecular formula is C10H13N3O2. The average molecular weight is 207 g/mol. The highest BCUT2D eigenvalue weighted by atomic mass is 16.5. The smallest absolute Gasteiger partial charge is 0.115 e. The topological polar surface area (TPSA) is 58.5 Å². The van der Waals surface area contributed by atoms with E-state index in [9.17, 15) is 5.11 Å². The van der Waals surface area contributed by atoms with Crippen LogP contribution in [0.15, 0.2) is 12.3 Å². The minimum atomic E-state index is -0.503. The van der Waals surface area contributed by atoms with Gasteiger partial charge in [-0.05, 0) is 6.07 Å². The second-order valence-corrected chi connectivity index (χ2v) is 3.98. The van der Waals surface area contributed by atoms with Crippen LogP contribution in [0.25, 0.3) is 0 Å². The second kappa shape index (κ2) is 3.43. The maximum atomic E-state index is 9.92. The van der Waals surface area contributed by atoms with Crippen molar-refractivity contribution in [3.05, 3.63) is 18.0 Å². The van der Waals surface area contributed by atoms with Crippen molar-refractivity contribution < 1.29 is 9.84 Å². The number of aromatic nitrogens is 2. The van der Waals surface area contributed by atoms with Crippen LogP contribution < -0.4 is 4.90 Å². The fourth-order valence-corrected chi connectivity index (χ4v) is 2.35. The fourth-order valence-electron chi connectivity index (χ4n) is 2.35. The van der Waals surface area contributed by atoms with Crippen LogP contribution in [-0.2, 0) is 4.74 Å². The Morgan fingerprint density at radius 2 is 2.47 bits per heavy atom. The van der Waals surface area contributed by atoms with Crippen molar-refractivity contribution in [1.29, 1.82) is 0 Å². The Balaban J connectivity index is 2.03. The van der Waals surface area contributed by atoms with E-state index >= 15 is 0 Å². The number of morpholine rings is 1. The summed E-state index contributed by atoms with van der Waals surface area (Å²) in [7, 11) is 0. The molecule has 1 N–H and O–H groups in total. The number of fused-ring (bicyclic) bond motifs is 3. The van der Waals surface area contributed by atoms with Gasteiger partial charge in [0.15, 0.2) is 0 Å². The van der Waals surface area contributed by atoms with Gasteiger partial charge in [-0.2, -0.15) is 10.2 Å². The Labute approximate surface area is 87.7 Å². The molecule has 0 saturated carbocycles. The van der Waals surface area contributed by atoms with E-state index in [1.807, 2.05) is 6.07 Å². The monoisotopic (exact) mass is 207 g/mol. The standard InChI is InChI=1S/C10H13N3O2/c14-9-5-7-6-15-4-3-13(7)8-1-2-11-12-10(8)9/h1-2,7,9,14H,3-6H2. The summed E-state index contributed by atoms with van der Waals surface area (Å²) >= 11 is 0. The van der Waals surface area contributed by atoms with Crippen LogP contribution in [0.4, 0.5) is 5.69 Å². The third-order valence-electron chi connectivity index (χ3n) is 3.07. The van der Waals surface area contributed by atoms with E-state index in [0.717, 1.165) is 18.8 Å². The van der Waals surface area contributed by atoms with Gasteiger partial charge in [-0.15, -0.1) is 0 Å². The zero-order valence-corrected chi connectivity index (χ0v) is 8.33. The summed E-state index contributed by atoms with van der Waals surface area (Å²) in [6.07, 6.45) is 1.85. The molecule has 1 saturated heterocycles. The zero-order chi connectivity index (χ0) is 10.3. The molecule has 0 radical (unpaired) electrons. The van der Waals surface area contributed by atoms with Crippen LogP contribution in [0.5, 0.6) is 0 Å². The average Bonchev–Trinajstić information content (AvgIpc) is 2.30. The summed E-state index contributed by atoms with van der Waals surface area (Å²) in [5.74, 6) is 0. The number of rotatable bonds is 0. The molecule has 0 aromatic carbocycles. The van der Waals surface area contributed by atoms with Gasteiger partial charge in [0.2, 0.25) is 0 Å². The summed E-state index contributed by atoms with van der Waals surface area (Å²) in [4.78, 5) is 2.26. The summed E-state index contributed by atoms with van der Waals surface area (Å²) in [5, 5.41) is 17.7. The van der Waals surface area contributed by atoms with Crippen LogP contribution in [0.2, 0.25) is 0 Å². The minimum absolute atomic E-state index is 0.283. The van der Waals surface area contributed by atoms with Crippen LogP contribution >= 0.6 is 0 Å². The van der Waals surface area contributed by atoms with Crippen molar-refractivity contribution in [2.45, 2.75) is 18.6 Å². The van der Waals surface area contributed by atoms with Crippen LogP contribution in [0.1, 0.15) is 18.2 Å². The molecule has 2 aliphatic rings. The Hall–Kier alpha value is -1.20. The largest absolute Gasteiger partial charge is 0.387 e. The number of ether oxygens (including phenoxy) is 1. The molecule has 2 atom stereocenters. The first-order chi connectivity index (χ1) is 7.36. The van der Waals surface area contributed by atoms with Gasteiger partial charge in [-0.3, -0.25) is 0 Å². The molecule has 5 nitrogen and oxygen atoms in total. The lowest BCUT2D eigenvalue weighted by atomic mass is 9.97. The molecule has 0 amide bonds. The van der Waals surface area contributed by atoms with E-state index in [4.69, 9.17) is 4.74 Å². The number of aliphatic hydroxyl groups is 1. The summed E-state index contributed by atoms with van der Waals surface area (Å²) in [5.41, 5.74) is 1.72. The zero-order valence-electron chi connectivity index (χ0n) is 8.33. The maximum Gasteiger partial charge on any atom is 0.115 e. The predicted octanol–water partition coefficient (Wildman–Crippen LogP) is 0.119. The Kier molecular flexibility index (Phi) is 2.07. The highest BCUT2D eigenvalue weighted by Crippen LogP contribution is 2.35. The lowest BCUT2D eigenvalue weighted by Gasteiger charge is -2.42. The first-order valence-electron chi connectivity index (χ1n) is 5.20. The van der Waals surface area contributed by atoms with Gasteiger partial charge in [0.25, 0.3) is 0 Å². The molecule has 0 bridgehead atoms. The highest BCUT2D eigenvalue weighted by molar-refractivity contribution is 5.54. The van der Waals surface area contributed by atoms with E-state index in [1.165, 1.54) is 0 Å². The molecule has 1 aromatic heterocycles. The van der Waals surface area contributed by atoms with Gasteiger partial charge < -0.3 is 14.7 Å². The molecule has 1 aromatic rings. The quantitative estimate of drug-likeness (QED) is 0.654. The first-order valence-corrected chi connectivity index (χ1v) is 5.20. The van der Waals surface area contributed by atoms with Crippen LogP contribution in [0.3, 0.4) is 0 Å². The number of anilines is 1. The van der Waals surface area contributed by atoms with Crippen molar-refractivity contribution >= 4 is 5.69 Å². The SMILES string of the molecule is OC1CC2COCCN2c2ccnnc21. The number of aliphatic hydroxyl groups excluding tert-OH is 1. The molecule has 15 heavy (non-hydrogen) atoms. The number of nitrogens with zero attached hydrogens (tertiary/aromatic N) is 3. The molecule has 80 valence electrons. The van der Waals surface area contributed by atoms with Crippen molar-refractivity contribution in [3.8, 4) is 0 Å². The molecule has 3 rings (SSSR count).